The van der Waals surface area contributed by atoms with Gasteiger partial charge in [0.1, 0.15) is 11.7 Å². The Hall–Kier alpha value is -2.11. The summed E-state index contributed by atoms with van der Waals surface area (Å²) >= 11 is 0. The summed E-state index contributed by atoms with van der Waals surface area (Å²) in [4.78, 5) is 12.7. The van der Waals surface area contributed by atoms with Crippen LogP contribution in [0.1, 0.15) is 5.56 Å². The van der Waals surface area contributed by atoms with Crippen LogP contribution in [0.2, 0.25) is 0 Å². The largest absolute Gasteiger partial charge is 0.384 e. The Morgan fingerprint density at radius 2 is 2.12 bits per heavy atom. The molecule has 0 aliphatic carbocycles. The van der Waals surface area contributed by atoms with E-state index in [0.29, 0.717) is 5.69 Å². The lowest BCUT2D eigenvalue weighted by Crippen LogP contribution is -2.27. The summed E-state index contributed by atoms with van der Waals surface area (Å²) in [6.07, 6.45) is 0. The Bertz CT molecular complexity index is 431. The van der Waals surface area contributed by atoms with Crippen molar-refractivity contribution in [3.05, 3.63) is 29.6 Å². The zero-order valence-corrected chi connectivity index (χ0v) is 9.04. The van der Waals surface area contributed by atoms with Gasteiger partial charge in [0.05, 0.1) is 5.56 Å². The highest BCUT2D eigenvalue weighted by molar-refractivity contribution is 5.97. The molecule has 4 N–H and O–H groups in total. The minimum absolute atomic E-state index is 0.0310. The Labute approximate surface area is 92.6 Å². The third-order valence-corrected chi connectivity index (χ3v) is 1.91. The number of urea groups is 1. The predicted molar refractivity (Wildman–Crippen MR) is 60.1 cm³/mol. The molecule has 2 amide bonds. The van der Waals surface area contributed by atoms with Crippen LogP contribution >= 0.6 is 0 Å². The lowest BCUT2D eigenvalue weighted by Gasteiger charge is -2.12. The molecule has 0 bridgehead atoms. The van der Waals surface area contributed by atoms with Crippen molar-refractivity contribution >= 4 is 17.6 Å². The van der Waals surface area contributed by atoms with Crippen LogP contribution in [0.5, 0.6) is 0 Å². The van der Waals surface area contributed by atoms with E-state index < -0.39 is 5.82 Å². The van der Waals surface area contributed by atoms with Crippen molar-refractivity contribution < 1.29 is 9.18 Å². The van der Waals surface area contributed by atoms with Crippen molar-refractivity contribution in [1.29, 1.82) is 5.41 Å². The molecular weight excluding hydrogens is 211 g/mol. The summed E-state index contributed by atoms with van der Waals surface area (Å²) in [6, 6.07) is 3.55. The lowest BCUT2D eigenvalue weighted by molar-refractivity contribution is 0.230. The molecule has 0 heterocycles. The van der Waals surface area contributed by atoms with Crippen molar-refractivity contribution in [2.75, 3.05) is 19.4 Å². The molecule has 0 aliphatic heterocycles. The van der Waals surface area contributed by atoms with Gasteiger partial charge in [-0.1, -0.05) is 0 Å². The number of nitrogens with zero attached hydrogens (tertiary/aromatic N) is 1. The number of amidine groups is 1. The molecule has 1 aromatic carbocycles. The zero-order valence-electron chi connectivity index (χ0n) is 9.04. The van der Waals surface area contributed by atoms with E-state index in [9.17, 15) is 9.18 Å². The summed E-state index contributed by atoms with van der Waals surface area (Å²) < 4.78 is 13.2. The van der Waals surface area contributed by atoms with Crippen LogP contribution in [0.3, 0.4) is 0 Å². The second-order valence-corrected chi connectivity index (χ2v) is 3.43. The summed E-state index contributed by atoms with van der Waals surface area (Å²) in [5.41, 5.74) is 5.56. The molecule has 0 spiro atoms. The molecule has 0 radical (unpaired) electrons. The van der Waals surface area contributed by atoms with Gasteiger partial charge in [0.25, 0.3) is 0 Å². The minimum atomic E-state index is -0.588. The van der Waals surface area contributed by atoms with Gasteiger partial charge >= 0.3 is 6.03 Å². The second-order valence-electron chi connectivity index (χ2n) is 3.43. The van der Waals surface area contributed by atoms with E-state index in [1.54, 1.807) is 14.1 Å². The summed E-state index contributed by atoms with van der Waals surface area (Å²) in [7, 11) is 3.18. The van der Waals surface area contributed by atoms with Gasteiger partial charge in [-0.15, -0.1) is 0 Å². The first-order valence-electron chi connectivity index (χ1n) is 4.54. The Balaban J connectivity index is 2.95. The van der Waals surface area contributed by atoms with Gasteiger partial charge in [-0.25, -0.2) is 9.18 Å². The van der Waals surface area contributed by atoms with E-state index in [4.69, 9.17) is 11.1 Å². The molecule has 1 aromatic rings. The Morgan fingerprint density at radius 1 is 1.50 bits per heavy atom. The number of carbonyl (C=O) groups is 1. The van der Waals surface area contributed by atoms with Crippen LogP contribution in [-0.4, -0.2) is 30.9 Å². The quantitative estimate of drug-likeness (QED) is 0.521. The van der Waals surface area contributed by atoms with E-state index >= 15 is 0 Å². The standard InChI is InChI=1S/C10H13FN4O/c1-15(2)10(16)14-6-3-4-8(11)7(5-6)9(12)13/h3-5H,1-2H3,(H3,12,13)(H,14,16). The number of nitrogens with two attached hydrogens (primary N) is 1. The molecular formula is C10H13FN4O. The SMILES string of the molecule is CN(C)C(=O)Nc1ccc(F)c(C(=N)N)c1. The first kappa shape index (κ1) is 12.0. The van der Waals surface area contributed by atoms with E-state index in [1.165, 1.54) is 17.0 Å². The maximum atomic E-state index is 13.2. The molecule has 5 nitrogen and oxygen atoms in total. The average Bonchev–Trinajstić information content (AvgIpc) is 2.20. The predicted octanol–water partition coefficient (Wildman–Crippen LogP) is 1.20. The normalized spacial score (nSPS) is 9.69. The van der Waals surface area contributed by atoms with Crippen LogP contribution < -0.4 is 11.1 Å². The molecule has 6 heteroatoms. The fraction of sp³-hybridized carbons (Fsp3) is 0.200. The van der Waals surface area contributed by atoms with Gasteiger partial charge in [0, 0.05) is 19.8 Å². The fourth-order valence-corrected chi connectivity index (χ4v) is 1.04. The Kier molecular flexibility index (Phi) is 3.44. The zero-order chi connectivity index (χ0) is 12.3. The first-order chi connectivity index (χ1) is 7.41. The molecule has 0 aromatic heterocycles. The molecule has 16 heavy (non-hydrogen) atoms. The highest BCUT2D eigenvalue weighted by Gasteiger charge is 2.09. The van der Waals surface area contributed by atoms with Crippen molar-refractivity contribution in [3.63, 3.8) is 0 Å². The maximum absolute atomic E-state index is 13.2. The number of amides is 2. The summed E-state index contributed by atoms with van der Waals surface area (Å²) in [6.45, 7) is 0. The number of hydrogen-bond acceptors (Lipinski definition) is 2. The van der Waals surface area contributed by atoms with Crippen molar-refractivity contribution in [1.82, 2.24) is 4.90 Å². The van der Waals surface area contributed by atoms with Gasteiger partial charge in [-0.05, 0) is 18.2 Å². The second kappa shape index (κ2) is 4.61. The minimum Gasteiger partial charge on any atom is -0.384 e. The topological polar surface area (TPSA) is 82.2 Å². The summed E-state index contributed by atoms with van der Waals surface area (Å²) in [5, 5.41) is 9.69. The smallest absolute Gasteiger partial charge is 0.321 e. The van der Waals surface area contributed by atoms with Crippen molar-refractivity contribution in [3.8, 4) is 0 Å². The number of rotatable bonds is 2. The molecule has 0 fully saturated rings. The van der Waals surface area contributed by atoms with Crippen LogP contribution in [0.4, 0.5) is 14.9 Å². The van der Waals surface area contributed by atoms with Gasteiger partial charge in [0.15, 0.2) is 0 Å². The van der Waals surface area contributed by atoms with Gasteiger partial charge in [0.2, 0.25) is 0 Å². The van der Waals surface area contributed by atoms with E-state index in [2.05, 4.69) is 5.32 Å². The lowest BCUT2D eigenvalue weighted by atomic mass is 10.1. The van der Waals surface area contributed by atoms with Gasteiger partial charge in [-0.2, -0.15) is 0 Å². The third kappa shape index (κ3) is 2.69. The Morgan fingerprint density at radius 3 is 2.62 bits per heavy atom. The monoisotopic (exact) mass is 224 g/mol. The molecule has 0 saturated heterocycles. The number of halogens is 1. The van der Waals surface area contributed by atoms with Crippen LogP contribution in [-0.2, 0) is 0 Å². The third-order valence-electron chi connectivity index (χ3n) is 1.91. The van der Waals surface area contributed by atoms with Gasteiger partial charge < -0.3 is 16.0 Å². The molecule has 0 saturated carbocycles. The molecule has 1 rings (SSSR count). The highest BCUT2D eigenvalue weighted by atomic mass is 19.1. The molecule has 86 valence electrons. The van der Waals surface area contributed by atoms with Crippen LogP contribution in [0.25, 0.3) is 0 Å². The number of anilines is 1. The van der Waals surface area contributed by atoms with E-state index in [-0.39, 0.29) is 17.4 Å². The van der Waals surface area contributed by atoms with Crippen molar-refractivity contribution in [2.45, 2.75) is 0 Å². The number of hydrogen-bond donors (Lipinski definition) is 3. The van der Waals surface area contributed by atoms with Crippen molar-refractivity contribution in [2.24, 2.45) is 5.73 Å². The molecule has 0 atom stereocenters. The molecule has 0 unspecified atom stereocenters. The average molecular weight is 224 g/mol. The van der Waals surface area contributed by atoms with Crippen LogP contribution in [0, 0.1) is 11.2 Å². The van der Waals surface area contributed by atoms with E-state index in [1.807, 2.05) is 0 Å². The number of benzene rings is 1. The maximum Gasteiger partial charge on any atom is 0.321 e. The van der Waals surface area contributed by atoms with Crippen LogP contribution in [0.15, 0.2) is 18.2 Å². The summed E-state index contributed by atoms with van der Waals surface area (Å²) in [5.74, 6) is -0.964. The van der Waals surface area contributed by atoms with Gasteiger partial charge in [-0.3, -0.25) is 5.41 Å². The number of nitrogens with one attached hydrogen (secondary N) is 2. The highest BCUT2D eigenvalue weighted by Crippen LogP contribution is 2.14. The van der Waals surface area contributed by atoms with E-state index in [0.717, 1.165) is 6.07 Å². The molecule has 0 aliphatic rings. The number of nitrogen functional groups attached to an aromatic ring is 1. The first-order valence-corrected chi connectivity index (χ1v) is 4.54. The fourth-order valence-electron chi connectivity index (χ4n) is 1.04. The number of carbonyl (C=O) groups excluding carboxylic acids is 1.